The number of amidine groups is 1. The van der Waals surface area contributed by atoms with Crippen molar-refractivity contribution in [2.24, 2.45) is 16.8 Å². The predicted molar refractivity (Wildman–Crippen MR) is 63.8 cm³/mol. The van der Waals surface area contributed by atoms with Gasteiger partial charge in [-0.3, -0.25) is 4.98 Å². The molecule has 1 unspecified atom stereocenters. The molecule has 0 spiro atoms. The van der Waals surface area contributed by atoms with Crippen molar-refractivity contribution in [2.45, 2.75) is 12.6 Å². The maximum Gasteiger partial charge on any atom is 0.400 e. The highest BCUT2D eigenvalue weighted by Crippen LogP contribution is 2.25. The summed E-state index contributed by atoms with van der Waals surface area (Å²) in [6.07, 6.45) is -0.738. The zero-order valence-corrected chi connectivity index (χ0v) is 10.1. The fourth-order valence-electron chi connectivity index (χ4n) is 1.49. The van der Waals surface area contributed by atoms with Gasteiger partial charge in [0.05, 0.1) is 0 Å². The summed E-state index contributed by atoms with van der Waals surface area (Å²) in [7, 11) is 0. The van der Waals surface area contributed by atoms with Gasteiger partial charge in [0.1, 0.15) is 5.92 Å². The number of oxime groups is 1. The lowest BCUT2D eigenvalue weighted by atomic mass is 10.1. The van der Waals surface area contributed by atoms with E-state index < -0.39 is 24.5 Å². The van der Waals surface area contributed by atoms with Crippen LogP contribution in [0.2, 0.25) is 0 Å². The summed E-state index contributed by atoms with van der Waals surface area (Å²) in [6, 6.07) is 3.57. The number of hydrogen-bond acceptors (Lipinski definition) is 4. The molecule has 0 saturated carbocycles. The first-order valence-corrected chi connectivity index (χ1v) is 5.59. The molecular weight excluding hydrogens is 261 g/mol. The lowest BCUT2D eigenvalue weighted by Gasteiger charge is -2.19. The third kappa shape index (κ3) is 5.12. The number of pyridine rings is 1. The first-order chi connectivity index (χ1) is 8.95. The summed E-state index contributed by atoms with van der Waals surface area (Å²) in [6.45, 7) is -0.0697. The first kappa shape index (κ1) is 15.2. The Hall–Kier alpha value is -1.83. The van der Waals surface area contributed by atoms with Crippen molar-refractivity contribution >= 4 is 5.84 Å². The molecule has 0 fully saturated rings. The van der Waals surface area contributed by atoms with E-state index in [1.807, 2.05) is 0 Å². The van der Waals surface area contributed by atoms with Gasteiger partial charge in [-0.05, 0) is 30.7 Å². The Bertz CT molecular complexity index is 408. The highest BCUT2D eigenvalue weighted by atomic mass is 19.4. The van der Waals surface area contributed by atoms with Crippen LogP contribution >= 0.6 is 0 Å². The van der Waals surface area contributed by atoms with Crippen molar-refractivity contribution in [3.05, 3.63) is 30.1 Å². The molecule has 5 nitrogen and oxygen atoms in total. The molecule has 106 valence electrons. The molecule has 0 aromatic carbocycles. The summed E-state index contributed by atoms with van der Waals surface area (Å²) in [5, 5.41) is 13.4. The Balaban J connectivity index is 2.41. The predicted octanol–water partition coefficient (Wildman–Crippen LogP) is 1.14. The topological polar surface area (TPSA) is 83.5 Å². The monoisotopic (exact) mass is 276 g/mol. The molecule has 0 aliphatic carbocycles. The van der Waals surface area contributed by atoms with E-state index in [9.17, 15) is 13.2 Å². The van der Waals surface area contributed by atoms with E-state index in [0.29, 0.717) is 13.0 Å². The number of rotatable bonds is 6. The molecule has 1 heterocycles. The quantitative estimate of drug-likeness (QED) is 0.239. The second kappa shape index (κ2) is 6.93. The molecule has 0 aliphatic heterocycles. The van der Waals surface area contributed by atoms with E-state index in [0.717, 1.165) is 5.56 Å². The van der Waals surface area contributed by atoms with Gasteiger partial charge in [-0.15, -0.1) is 0 Å². The molecule has 4 N–H and O–H groups in total. The van der Waals surface area contributed by atoms with Crippen LogP contribution in [-0.2, 0) is 6.42 Å². The van der Waals surface area contributed by atoms with E-state index in [4.69, 9.17) is 10.9 Å². The van der Waals surface area contributed by atoms with Gasteiger partial charge in [-0.1, -0.05) is 5.16 Å². The van der Waals surface area contributed by atoms with Crippen molar-refractivity contribution in [1.29, 1.82) is 0 Å². The van der Waals surface area contributed by atoms with E-state index in [2.05, 4.69) is 15.5 Å². The van der Waals surface area contributed by atoms with Crippen LogP contribution in [0.5, 0.6) is 0 Å². The summed E-state index contributed by atoms with van der Waals surface area (Å²) in [5.74, 6) is -2.83. The molecular formula is C11H15F3N4O. The zero-order valence-electron chi connectivity index (χ0n) is 10.1. The number of nitrogens with two attached hydrogens (primary N) is 1. The van der Waals surface area contributed by atoms with Crippen molar-refractivity contribution in [1.82, 2.24) is 10.3 Å². The highest BCUT2D eigenvalue weighted by molar-refractivity contribution is 5.83. The van der Waals surface area contributed by atoms with Crippen LogP contribution in [0.4, 0.5) is 13.2 Å². The molecule has 1 atom stereocenters. The molecule has 19 heavy (non-hydrogen) atoms. The van der Waals surface area contributed by atoms with Crippen molar-refractivity contribution in [3.8, 4) is 0 Å². The Morgan fingerprint density at radius 1 is 1.42 bits per heavy atom. The fourth-order valence-corrected chi connectivity index (χ4v) is 1.49. The molecule has 0 aliphatic rings. The summed E-state index contributed by atoms with van der Waals surface area (Å²) in [4.78, 5) is 3.84. The number of nitrogens with zero attached hydrogens (tertiary/aromatic N) is 2. The first-order valence-electron chi connectivity index (χ1n) is 5.59. The van der Waals surface area contributed by atoms with Crippen molar-refractivity contribution < 1.29 is 18.4 Å². The Kier molecular flexibility index (Phi) is 5.56. The maximum absolute atomic E-state index is 12.6. The number of halogens is 3. The second-order valence-electron chi connectivity index (χ2n) is 3.93. The lowest BCUT2D eigenvalue weighted by Crippen LogP contribution is -2.43. The van der Waals surface area contributed by atoms with Gasteiger partial charge >= 0.3 is 6.18 Å². The number of alkyl halides is 3. The van der Waals surface area contributed by atoms with Crippen molar-refractivity contribution in [3.63, 3.8) is 0 Å². The van der Waals surface area contributed by atoms with Crippen LogP contribution in [0, 0.1) is 5.92 Å². The molecule has 0 bridgehead atoms. The normalized spacial score (nSPS) is 14.4. The molecule has 0 radical (unpaired) electrons. The minimum absolute atomic E-state index is 0.356. The van der Waals surface area contributed by atoms with E-state index in [1.165, 1.54) is 0 Å². The van der Waals surface area contributed by atoms with Gasteiger partial charge in [0, 0.05) is 18.9 Å². The maximum atomic E-state index is 12.6. The van der Waals surface area contributed by atoms with Crippen LogP contribution in [0.15, 0.2) is 29.7 Å². The van der Waals surface area contributed by atoms with Gasteiger partial charge in [-0.25, -0.2) is 0 Å². The van der Waals surface area contributed by atoms with Gasteiger partial charge < -0.3 is 16.3 Å². The largest absolute Gasteiger partial charge is 0.409 e. The third-order valence-corrected chi connectivity index (χ3v) is 2.56. The average molecular weight is 276 g/mol. The number of aromatic nitrogens is 1. The highest BCUT2D eigenvalue weighted by Gasteiger charge is 2.42. The van der Waals surface area contributed by atoms with Crippen LogP contribution in [0.25, 0.3) is 0 Å². The third-order valence-electron chi connectivity index (χ3n) is 2.56. The molecule has 1 aromatic heterocycles. The number of nitrogens with one attached hydrogen (secondary N) is 1. The Labute approximate surface area is 108 Å². The Morgan fingerprint density at radius 2 is 2.05 bits per heavy atom. The SMILES string of the molecule is N/C(=N/O)C(CNCCc1ccncc1)C(F)(F)F. The van der Waals surface area contributed by atoms with Gasteiger partial charge in [0.2, 0.25) is 0 Å². The Morgan fingerprint density at radius 3 is 2.58 bits per heavy atom. The summed E-state index contributed by atoms with van der Waals surface area (Å²) < 4.78 is 37.8. The second-order valence-corrected chi connectivity index (χ2v) is 3.93. The molecule has 0 saturated heterocycles. The number of hydrogen-bond donors (Lipinski definition) is 3. The smallest absolute Gasteiger partial charge is 0.400 e. The zero-order chi connectivity index (χ0) is 14.3. The summed E-state index contributed by atoms with van der Waals surface area (Å²) in [5.41, 5.74) is 6.00. The fraction of sp³-hybridized carbons (Fsp3) is 0.455. The van der Waals surface area contributed by atoms with E-state index in [1.54, 1.807) is 24.5 Å². The van der Waals surface area contributed by atoms with E-state index in [-0.39, 0.29) is 0 Å². The van der Waals surface area contributed by atoms with Crippen LogP contribution in [0.3, 0.4) is 0 Å². The molecule has 8 heteroatoms. The van der Waals surface area contributed by atoms with Crippen molar-refractivity contribution in [2.75, 3.05) is 13.1 Å². The van der Waals surface area contributed by atoms with Gasteiger partial charge in [0.25, 0.3) is 0 Å². The minimum atomic E-state index is -4.54. The molecule has 1 aromatic rings. The standard InChI is InChI=1S/C11H15F3N4O/c12-11(13,14)9(10(15)18-19)7-17-6-3-8-1-4-16-5-2-8/h1-2,4-5,9,17,19H,3,6-7H2,(H2,15,18). The van der Waals surface area contributed by atoms with Gasteiger partial charge in [-0.2, -0.15) is 13.2 Å². The average Bonchev–Trinajstić information content (AvgIpc) is 2.37. The van der Waals surface area contributed by atoms with Crippen LogP contribution < -0.4 is 11.1 Å². The van der Waals surface area contributed by atoms with Crippen LogP contribution in [-0.4, -0.2) is 35.3 Å². The summed E-state index contributed by atoms with van der Waals surface area (Å²) >= 11 is 0. The molecule has 1 rings (SSSR count). The molecule has 0 amide bonds. The lowest BCUT2D eigenvalue weighted by molar-refractivity contribution is -0.154. The minimum Gasteiger partial charge on any atom is -0.409 e. The van der Waals surface area contributed by atoms with Crippen LogP contribution in [0.1, 0.15) is 5.56 Å². The van der Waals surface area contributed by atoms with E-state index >= 15 is 0 Å². The van der Waals surface area contributed by atoms with Gasteiger partial charge in [0.15, 0.2) is 5.84 Å².